The van der Waals surface area contributed by atoms with Gasteiger partial charge in [-0.15, -0.1) is 10.2 Å². The molecule has 30 heavy (non-hydrogen) atoms. The minimum absolute atomic E-state index is 0.118. The molecule has 0 saturated carbocycles. The molecule has 0 unspecified atom stereocenters. The molecule has 0 aliphatic carbocycles. The molecule has 7 heteroatoms. The Bertz CT molecular complexity index is 1030. The van der Waals surface area contributed by atoms with Gasteiger partial charge in [-0.2, -0.15) is 0 Å². The third kappa shape index (κ3) is 3.69. The molecule has 0 spiro atoms. The average Bonchev–Trinajstić information content (AvgIpc) is 3.43. The summed E-state index contributed by atoms with van der Waals surface area (Å²) in [6, 6.07) is 18.4. The Labute approximate surface area is 180 Å². The van der Waals surface area contributed by atoms with Crippen molar-refractivity contribution in [3.05, 3.63) is 60.2 Å². The smallest absolute Gasteiger partial charge is 0.237 e. The zero-order chi connectivity index (χ0) is 20.3. The van der Waals surface area contributed by atoms with Crippen LogP contribution in [0.15, 0.2) is 59.8 Å². The zero-order valence-electron chi connectivity index (χ0n) is 16.9. The van der Waals surface area contributed by atoms with Crippen LogP contribution in [0.4, 0.5) is 11.6 Å². The largest absolute Gasteiger partial charge is 0.341 e. The van der Waals surface area contributed by atoms with E-state index in [4.69, 9.17) is 0 Å². The average molecular weight is 420 g/mol. The van der Waals surface area contributed by atoms with Gasteiger partial charge in [-0.1, -0.05) is 48.2 Å². The van der Waals surface area contributed by atoms with Crippen molar-refractivity contribution in [3.8, 4) is 5.69 Å². The number of fused-ring (bicyclic) bond motifs is 1. The SMILES string of the molecule is O=C(CSc1nnc(N2CCCCC2)n1-c1ccccc1)N1CCc2ccccc21. The second-order valence-electron chi connectivity index (χ2n) is 7.71. The maximum Gasteiger partial charge on any atom is 0.237 e. The van der Waals surface area contributed by atoms with Crippen LogP contribution in [0.1, 0.15) is 24.8 Å². The number of thioether (sulfide) groups is 1. The first-order chi connectivity index (χ1) is 14.8. The van der Waals surface area contributed by atoms with Crippen molar-refractivity contribution in [3.63, 3.8) is 0 Å². The lowest BCUT2D eigenvalue weighted by atomic mass is 10.1. The molecule has 0 radical (unpaired) electrons. The van der Waals surface area contributed by atoms with E-state index in [1.54, 1.807) is 0 Å². The van der Waals surface area contributed by atoms with E-state index < -0.39 is 0 Å². The van der Waals surface area contributed by atoms with Crippen LogP contribution in [-0.2, 0) is 11.2 Å². The Balaban J connectivity index is 1.38. The Hall–Kier alpha value is -2.80. The number of piperidine rings is 1. The fourth-order valence-electron chi connectivity index (χ4n) is 4.26. The summed E-state index contributed by atoms with van der Waals surface area (Å²) < 4.78 is 2.10. The second kappa shape index (κ2) is 8.52. The number of amides is 1. The molecule has 0 bridgehead atoms. The highest BCUT2D eigenvalue weighted by molar-refractivity contribution is 7.99. The highest BCUT2D eigenvalue weighted by Gasteiger charge is 2.26. The van der Waals surface area contributed by atoms with Crippen molar-refractivity contribution in [1.29, 1.82) is 0 Å². The van der Waals surface area contributed by atoms with Crippen LogP contribution in [0, 0.1) is 0 Å². The summed E-state index contributed by atoms with van der Waals surface area (Å²) in [6.45, 7) is 2.75. The Kier molecular flexibility index (Phi) is 5.45. The summed E-state index contributed by atoms with van der Waals surface area (Å²) in [4.78, 5) is 17.2. The van der Waals surface area contributed by atoms with Gasteiger partial charge in [-0.05, 0) is 49.4 Å². The monoisotopic (exact) mass is 419 g/mol. The van der Waals surface area contributed by atoms with E-state index in [0.29, 0.717) is 5.75 Å². The van der Waals surface area contributed by atoms with Crippen LogP contribution >= 0.6 is 11.8 Å². The quantitative estimate of drug-likeness (QED) is 0.587. The number of benzene rings is 2. The maximum atomic E-state index is 13.0. The van der Waals surface area contributed by atoms with Crippen LogP contribution < -0.4 is 9.80 Å². The molecule has 0 N–H and O–H groups in total. The molecule has 1 saturated heterocycles. The molecule has 3 heterocycles. The highest BCUT2D eigenvalue weighted by Crippen LogP contribution is 2.31. The standard InChI is InChI=1S/C23H25N5OS/c29-21(27-16-13-18-9-5-6-12-20(18)27)17-30-23-25-24-22(26-14-7-2-8-15-26)28(23)19-10-3-1-4-11-19/h1,3-6,9-12H,2,7-8,13-17H2. The third-order valence-electron chi connectivity index (χ3n) is 5.78. The number of para-hydroxylation sites is 2. The summed E-state index contributed by atoms with van der Waals surface area (Å²) in [6.07, 6.45) is 4.54. The molecule has 6 nitrogen and oxygen atoms in total. The minimum atomic E-state index is 0.118. The van der Waals surface area contributed by atoms with Crippen LogP contribution in [0.3, 0.4) is 0 Å². The molecule has 2 aliphatic heterocycles. The van der Waals surface area contributed by atoms with Crippen molar-refractivity contribution in [2.24, 2.45) is 0 Å². The Morgan fingerprint density at radius 1 is 0.900 bits per heavy atom. The van der Waals surface area contributed by atoms with Gasteiger partial charge in [0.15, 0.2) is 5.16 Å². The number of hydrogen-bond acceptors (Lipinski definition) is 5. The molecule has 2 aliphatic rings. The van der Waals surface area contributed by atoms with Crippen LogP contribution in [0.2, 0.25) is 0 Å². The predicted molar refractivity (Wildman–Crippen MR) is 121 cm³/mol. The lowest BCUT2D eigenvalue weighted by molar-refractivity contribution is -0.116. The van der Waals surface area contributed by atoms with Gasteiger partial charge in [0, 0.05) is 25.3 Å². The number of anilines is 2. The number of nitrogens with zero attached hydrogens (tertiary/aromatic N) is 5. The molecular formula is C23H25N5OS. The van der Waals surface area contributed by atoms with Crippen LogP contribution in [0.25, 0.3) is 5.69 Å². The minimum Gasteiger partial charge on any atom is -0.341 e. The van der Waals surface area contributed by atoms with Gasteiger partial charge in [-0.3, -0.25) is 9.36 Å². The van der Waals surface area contributed by atoms with Gasteiger partial charge in [0.05, 0.1) is 11.4 Å². The first kappa shape index (κ1) is 19.2. The molecule has 154 valence electrons. The molecule has 2 aromatic carbocycles. The van der Waals surface area contributed by atoms with E-state index in [1.165, 1.54) is 36.6 Å². The van der Waals surface area contributed by atoms with Crippen molar-refractivity contribution in [2.45, 2.75) is 30.8 Å². The van der Waals surface area contributed by atoms with E-state index in [-0.39, 0.29) is 5.91 Å². The fraction of sp³-hybridized carbons (Fsp3) is 0.348. The maximum absolute atomic E-state index is 13.0. The van der Waals surface area contributed by atoms with Crippen molar-refractivity contribution < 1.29 is 4.79 Å². The lowest BCUT2D eigenvalue weighted by Gasteiger charge is -2.27. The Morgan fingerprint density at radius 3 is 2.50 bits per heavy atom. The second-order valence-corrected chi connectivity index (χ2v) is 8.66. The normalized spacial score (nSPS) is 16.0. The first-order valence-corrected chi connectivity index (χ1v) is 11.6. The first-order valence-electron chi connectivity index (χ1n) is 10.6. The Morgan fingerprint density at radius 2 is 1.67 bits per heavy atom. The summed E-state index contributed by atoms with van der Waals surface area (Å²) in [5, 5.41) is 9.76. The van der Waals surface area contributed by atoms with Crippen LogP contribution in [-0.4, -0.2) is 46.1 Å². The van der Waals surface area contributed by atoms with Crippen molar-refractivity contribution in [1.82, 2.24) is 14.8 Å². The number of carbonyl (C=O) groups excluding carboxylic acids is 1. The number of aromatic nitrogens is 3. The topological polar surface area (TPSA) is 54.3 Å². The molecular weight excluding hydrogens is 394 g/mol. The fourth-order valence-corrected chi connectivity index (χ4v) is 5.08. The number of rotatable bonds is 5. The van der Waals surface area contributed by atoms with Crippen molar-refractivity contribution >= 4 is 29.3 Å². The predicted octanol–water partition coefficient (Wildman–Crippen LogP) is 3.94. The molecule has 1 aromatic heterocycles. The van der Waals surface area contributed by atoms with E-state index in [2.05, 4.69) is 37.9 Å². The van der Waals surface area contributed by atoms with Gasteiger partial charge >= 0.3 is 0 Å². The van der Waals surface area contributed by atoms with Gasteiger partial charge in [-0.25, -0.2) is 0 Å². The van der Waals surface area contributed by atoms with Crippen LogP contribution in [0.5, 0.6) is 0 Å². The van der Waals surface area contributed by atoms with Gasteiger partial charge < -0.3 is 9.80 Å². The summed E-state index contributed by atoms with van der Waals surface area (Å²) in [5.41, 5.74) is 3.32. The molecule has 1 amide bonds. The molecule has 0 atom stereocenters. The molecule has 1 fully saturated rings. The van der Waals surface area contributed by atoms with E-state index in [0.717, 1.165) is 48.5 Å². The molecule has 3 aromatic rings. The van der Waals surface area contributed by atoms with Crippen molar-refractivity contribution in [2.75, 3.05) is 35.2 Å². The third-order valence-corrected chi connectivity index (χ3v) is 6.70. The number of carbonyl (C=O) groups is 1. The van der Waals surface area contributed by atoms with E-state index in [9.17, 15) is 4.79 Å². The zero-order valence-corrected chi connectivity index (χ0v) is 17.7. The lowest BCUT2D eigenvalue weighted by Crippen LogP contribution is -2.32. The van der Waals surface area contributed by atoms with Gasteiger partial charge in [0.1, 0.15) is 0 Å². The van der Waals surface area contributed by atoms with Gasteiger partial charge in [0.25, 0.3) is 0 Å². The van der Waals surface area contributed by atoms with Gasteiger partial charge in [0.2, 0.25) is 11.9 Å². The number of hydrogen-bond donors (Lipinski definition) is 0. The van der Waals surface area contributed by atoms with E-state index in [1.807, 2.05) is 41.3 Å². The van der Waals surface area contributed by atoms with E-state index >= 15 is 0 Å². The molecule has 5 rings (SSSR count). The summed E-state index contributed by atoms with van der Waals surface area (Å²) >= 11 is 1.47. The highest BCUT2D eigenvalue weighted by atomic mass is 32.2. The summed E-state index contributed by atoms with van der Waals surface area (Å²) in [7, 11) is 0. The summed E-state index contributed by atoms with van der Waals surface area (Å²) in [5.74, 6) is 1.34.